The van der Waals surface area contributed by atoms with Crippen LogP contribution in [0.15, 0.2) is 6.07 Å². The molecule has 2 aliphatic rings. The number of hydrogen-bond acceptors (Lipinski definition) is 6. The van der Waals surface area contributed by atoms with Crippen LogP contribution in [0, 0.1) is 0 Å². The number of nitrogens with one attached hydrogen (secondary N) is 1. The van der Waals surface area contributed by atoms with E-state index in [1.165, 1.54) is 5.56 Å². The molecule has 0 aliphatic carbocycles. The summed E-state index contributed by atoms with van der Waals surface area (Å²) in [6.07, 6.45) is 1.51. The zero-order valence-corrected chi connectivity index (χ0v) is 14.5. The van der Waals surface area contributed by atoms with Gasteiger partial charge in [0.1, 0.15) is 18.1 Å². The van der Waals surface area contributed by atoms with Gasteiger partial charge in [0.05, 0.1) is 12.6 Å². The topological polar surface area (TPSA) is 72.9 Å². The Morgan fingerprint density at radius 3 is 2.96 bits per heavy atom. The van der Waals surface area contributed by atoms with Crippen LogP contribution in [-0.4, -0.2) is 55.8 Å². The quantitative estimate of drug-likeness (QED) is 0.822. The summed E-state index contributed by atoms with van der Waals surface area (Å²) in [6.45, 7) is 4.09. The van der Waals surface area contributed by atoms with E-state index in [4.69, 9.17) is 19.2 Å². The third kappa shape index (κ3) is 3.38. The van der Waals surface area contributed by atoms with Crippen molar-refractivity contribution in [1.29, 1.82) is 0 Å². The Morgan fingerprint density at radius 1 is 1.46 bits per heavy atom. The van der Waals surface area contributed by atoms with Gasteiger partial charge in [-0.1, -0.05) is 0 Å². The number of aromatic nitrogens is 1. The molecule has 132 valence electrons. The van der Waals surface area contributed by atoms with Crippen molar-refractivity contribution < 1.29 is 19.0 Å². The maximum atomic E-state index is 12.2. The fourth-order valence-corrected chi connectivity index (χ4v) is 3.26. The molecule has 1 aromatic heterocycles. The van der Waals surface area contributed by atoms with E-state index >= 15 is 0 Å². The largest absolute Gasteiger partial charge is 0.370 e. The van der Waals surface area contributed by atoms with Gasteiger partial charge in [-0.3, -0.25) is 4.79 Å². The first kappa shape index (κ1) is 17.1. The first-order valence-corrected chi connectivity index (χ1v) is 8.33. The van der Waals surface area contributed by atoms with E-state index in [-0.39, 0.29) is 18.6 Å². The molecule has 1 saturated heterocycles. The van der Waals surface area contributed by atoms with E-state index in [0.29, 0.717) is 13.2 Å². The summed E-state index contributed by atoms with van der Waals surface area (Å²) in [5.74, 6) is 0.891. The SMILES string of the molecule is COC(OC)c1nc2c(cc1CN1C(=O)COC[C@H]1C)CCCN2. The van der Waals surface area contributed by atoms with Gasteiger partial charge in [-0.2, -0.15) is 0 Å². The number of methoxy groups -OCH3 is 2. The molecule has 1 amide bonds. The van der Waals surface area contributed by atoms with Crippen LogP contribution in [-0.2, 0) is 32.0 Å². The van der Waals surface area contributed by atoms with E-state index in [1.54, 1.807) is 14.2 Å². The predicted molar refractivity (Wildman–Crippen MR) is 88.6 cm³/mol. The monoisotopic (exact) mass is 335 g/mol. The Morgan fingerprint density at radius 2 is 2.25 bits per heavy atom. The highest BCUT2D eigenvalue weighted by atomic mass is 16.7. The molecule has 0 bridgehead atoms. The molecule has 3 rings (SSSR count). The molecular formula is C17H25N3O4. The first-order chi connectivity index (χ1) is 11.6. The Labute approximate surface area is 142 Å². The highest BCUT2D eigenvalue weighted by Gasteiger charge is 2.28. The summed E-state index contributed by atoms with van der Waals surface area (Å²) < 4.78 is 16.1. The molecule has 2 aliphatic heterocycles. The third-order valence-electron chi connectivity index (χ3n) is 4.56. The lowest BCUT2D eigenvalue weighted by Gasteiger charge is -2.34. The lowest BCUT2D eigenvalue weighted by atomic mass is 10.0. The number of amides is 1. The molecule has 1 N–H and O–H groups in total. The van der Waals surface area contributed by atoms with Crippen molar-refractivity contribution in [1.82, 2.24) is 9.88 Å². The van der Waals surface area contributed by atoms with Gasteiger partial charge in [-0.25, -0.2) is 4.98 Å². The second-order valence-electron chi connectivity index (χ2n) is 6.26. The van der Waals surface area contributed by atoms with Crippen molar-refractivity contribution in [3.05, 3.63) is 22.9 Å². The van der Waals surface area contributed by atoms with Crippen molar-refractivity contribution in [2.75, 3.05) is 39.3 Å². The molecule has 0 spiro atoms. The molecule has 3 heterocycles. The number of morpholine rings is 1. The van der Waals surface area contributed by atoms with Gasteiger partial charge in [0.15, 0.2) is 0 Å². The minimum Gasteiger partial charge on any atom is -0.370 e. The maximum absolute atomic E-state index is 12.2. The number of pyridine rings is 1. The molecule has 1 fully saturated rings. The molecule has 0 aromatic carbocycles. The number of aryl methyl sites for hydroxylation is 1. The van der Waals surface area contributed by atoms with E-state index in [0.717, 1.165) is 36.5 Å². The predicted octanol–water partition coefficient (Wildman–Crippen LogP) is 1.48. The number of rotatable bonds is 5. The number of fused-ring (bicyclic) bond motifs is 1. The fourth-order valence-electron chi connectivity index (χ4n) is 3.26. The first-order valence-electron chi connectivity index (χ1n) is 8.33. The van der Waals surface area contributed by atoms with Gasteiger partial charge in [0.2, 0.25) is 12.2 Å². The molecule has 0 unspecified atom stereocenters. The Hall–Kier alpha value is -1.70. The van der Waals surface area contributed by atoms with Crippen LogP contribution in [0.25, 0.3) is 0 Å². The highest BCUT2D eigenvalue weighted by molar-refractivity contribution is 5.78. The number of carbonyl (C=O) groups excluding carboxylic acids is 1. The number of ether oxygens (including phenoxy) is 3. The van der Waals surface area contributed by atoms with E-state index in [2.05, 4.69) is 11.4 Å². The average Bonchev–Trinajstić information content (AvgIpc) is 2.59. The lowest BCUT2D eigenvalue weighted by Crippen LogP contribution is -2.47. The molecule has 24 heavy (non-hydrogen) atoms. The second kappa shape index (κ2) is 7.46. The van der Waals surface area contributed by atoms with Crippen molar-refractivity contribution in [3.8, 4) is 0 Å². The molecule has 7 nitrogen and oxygen atoms in total. The normalized spacial score (nSPS) is 20.9. The van der Waals surface area contributed by atoms with Gasteiger partial charge in [-0.05, 0) is 37.0 Å². The van der Waals surface area contributed by atoms with Crippen molar-refractivity contribution >= 4 is 11.7 Å². The minimum atomic E-state index is -0.555. The third-order valence-corrected chi connectivity index (χ3v) is 4.56. The van der Waals surface area contributed by atoms with Crippen molar-refractivity contribution in [3.63, 3.8) is 0 Å². The second-order valence-corrected chi connectivity index (χ2v) is 6.26. The molecule has 0 radical (unpaired) electrons. The van der Waals surface area contributed by atoms with Gasteiger partial charge < -0.3 is 24.4 Å². The minimum absolute atomic E-state index is 0.00179. The van der Waals surface area contributed by atoms with Crippen LogP contribution in [0.4, 0.5) is 5.82 Å². The van der Waals surface area contributed by atoms with E-state index < -0.39 is 6.29 Å². The zero-order chi connectivity index (χ0) is 17.1. The fraction of sp³-hybridized carbons (Fsp3) is 0.647. The Balaban J connectivity index is 1.96. The molecule has 0 saturated carbocycles. The number of hydrogen-bond donors (Lipinski definition) is 1. The molecular weight excluding hydrogens is 310 g/mol. The number of carbonyl (C=O) groups is 1. The van der Waals surface area contributed by atoms with Gasteiger partial charge in [0, 0.05) is 27.3 Å². The van der Waals surface area contributed by atoms with Crippen LogP contribution in [0.2, 0.25) is 0 Å². The van der Waals surface area contributed by atoms with Crippen LogP contribution < -0.4 is 5.32 Å². The maximum Gasteiger partial charge on any atom is 0.249 e. The summed E-state index contributed by atoms with van der Waals surface area (Å²) >= 11 is 0. The lowest BCUT2D eigenvalue weighted by molar-refractivity contribution is -0.148. The molecule has 7 heteroatoms. The van der Waals surface area contributed by atoms with Crippen molar-refractivity contribution in [2.45, 2.75) is 38.6 Å². The van der Waals surface area contributed by atoms with Crippen LogP contribution in [0.5, 0.6) is 0 Å². The van der Waals surface area contributed by atoms with Gasteiger partial charge in [0.25, 0.3) is 0 Å². The smallest absolute Gasteiger partial charge is 0.249 e. The Kier molecular flexibility index (Phi) is 5.33. The highest BCUT2D eigenvalue weighted by Crippen LogP contribution is 2.29. The standard InChI is InChI=1S/C17H25N3O4/c1-11-9-24-10-14(21)20(11)8-13-7-12-5-4-6-18-16(12)19-15(13)17(22-2)23-3/h7,11,17H,4-6,8-10H2,1-3H3,(H,18,19)/t11-/m1/s1. The number of anilines is 1. The van der Waals surface area contributed by atoms with Crippen molar-refractivity contribution in [2.24, 2.45) is 0 Å². The molecule has 1 aromatic rings. The summed E-state index contributed by atoms with van der Waals surface area (Å²) in [6, 6.07) is 2.17. The summed E-state index contributed by atoms with van der Waals surface area (Å²) in [5.41, 5.74) is 2.87. The summed E-state index contributed by atoms with van der Waals surface area (Å²) in [5, 5.41) is 3.33. The summed E-state index contributed by atoms with van der Waals surface area (Å²) in [4.78, 5) is 18.8. The summed E-state index contributed by atoms with van der Waals surface area (Å²) in [7, 11) is 3.18. The Bertz CT molecular complexity index is 604. The molecule has 1 atom stereocenters. The van der Waals surface area contributed by atoms with E-state index in [9.17, 15) is 4.79 Å². The van der Waals surface area contributed by atoms with Crippen LogP contribution >= 0.6 is 0 Å². The van der Waals surface area contributed by atoms with Gasteiger partial charge in [-0.15, -0.1) is 0 Å². The van der Waals surface area contributed by atoms with Gasteiger partial charge >= 0.3 is 0 Å². The average molecular weight is 335 g/mol. The zero-order valence-electron chi connectivity index (χ0n) is 14.5. The number of nitrogens with zero attached hydrogens (tertiary/aromatic N) is 2. The van der Waals surface area contributed by atoms with Crippen LogP contribution in [0.3, 0.4) is 0 Å². The van der Waals surface area contributed by atoms with Crippen LogP contribution in [0.1, 0.15) is 36.5 Å². The van der Waals surface area contributed by atoms with E-state index in [1.807, 2.05) is 11.8 Å².